The molecule has 11 rings (SSSR count). The molecule has 4 aliphatic rings. The number of aromatic amines is 1. The van der Waals surface area contributed by atoms with E-state index < -0.39 is 42.7 Å². The zero-order valence-electron chi connectivity index (χ0n) is 43.2. The van der Waals surface area contributed by atoms with Crippen molar-refractivity contribution in [3.05, 3.63) is 107 Å². The van der Waals surface area contributed by atoms with Gasteiger partial charge in [0.2, 0.25) is 11.8 Å². The van der Waals surface area contributed by atoms with Crippen LogP contribution in [0, 0.1) is 30.5 Å². The van der Waals surface area contributed by atoms with Gasteiger partial charge in [0, 0.05) is 78.3 Å². The van der Waals surface area contributed by atoms with Gasteiger partial charge in [-0.15, -0.1) is 5.10 Å². The molecule has 18 nitrogen and oxygen atoms in total. The summed E-state index contributed by atoms with van der Waals surface area (Å²) in [7, 11) is 1.63. The molecule has 5 N–H and O–H groups in total. The number of amides is 2. The second kappa shape index (κ2) is 21.3. The van der Waals surface area contributed by atoms with Crippen LogP contribution >= 0.6 is 0 Å². The van der Waals surface area contributed by atoms with Crippen LogP contribution in [0.25, 0.3) is 44.2 Å². The molecule has 7 aromatic rings. The molecular weight excluding hydrogens is 970 g/mol. The van der Waals surface area contributed by atoms with Crippen molar-refractivity contribution in [3.8, 4) is 46.0 Å². The van der Waals surface area contributed by atoms with E-state index in [4.69, 9.17) is 24.2 Å². The predicted molar refractivity (Wildman–Crippen MR) is 283 cm³/mol. The summed E-state index contributed by atoms with van der Waals surface area (Å²) >= 11 is 0. The van der Waals surface area contributed by atoms with E-state index in [1.165, 1.54) is 15.6 Å². The summed E-state index contributed by atoms with van der Waals surface area (Å²) in [6, 6.07) is 18.7. The number of methoxy groups -OCH3 is 1. The molecule has 76 heavy (non-hydrogen) atoms. The zero-order chi connectivity index (χ0) is 52.8. The third-order valence-electron chi connectivity index (χ3n) is 15.2. The van der Waals surface area contributed by atoms with Crippen molar-refractivity contribution in [3.63, 3.8) is 0 Å². The minimum absolute atomic E-state index is 0.0310. The molecule has 0 unspecified atom stereocenters. The second-order valence-corrected chi connectivity index (χ2v) is 20.9. The summed E-state index contributed by atoms with van der Waals surface area (Å²) in [6.07, 6.45) is 5.29. The van der Waals surface area contributed by atoms with Crippen molar-refractivity contribution >= 4 is 39.4 Å². The van der Waals surface area contributed by atoms with E-state index in [1.54, 1.807) is 26.4 Å². The van der Waals surface area contributed by atoms with Gasteiger partial charge in [-0.3, -0.25) is 14.7 Å². The highest BCUT2D eigenvalue weighted by Gasteiger charge is 2.44. The highest BCUT2D eigenvalue weighted by molar-refractivity contribution is 6.06. The Bertz CT molecular complexity index is 3350. The number of aliphatic hydroxyl groups excluding tert-OH is 2. The molecule has 0 radical (unpaired) electrons. The second-order valence-electron chi connectivity index (χ2n) is 20.9. The molecule has 3 aliphatic heterocycles. The van der Waals surface area contributed by atoms with Gasteiger partial charge >= 0.3 is 6.01 Å². The zero-order valence-corrected chi connectivity index (χ0v) is 43.2. The highest BCUT2D eigenvalue weighted by atomic mass is 19.1. The van der Waals surface area contributed by atoms with Crippen molar-refractivity contribution in [2.75, 3.05) is 44.9 Å². The fourth-order valence-corrected chi connectivity index (χ4v) is 10.9. The summed E-state index contributed by atoms with van der Waals surface area (Å²) < 4.78 is 36.5. The number of H-pyrrole nitrogens is 1. The summed E-state index contributed by atoms with van der Waals surface area (Å²) in [5, 5.41) is 45.1. The number of ether oxygens (including phenoxy) is 3. The number of β-amino-alcohol motifs (C(OH)–C–C–N with tert-alkyl or cyclic N) is 1. The first-order valence-electron chi connectivity index (χ1n) is 26.1. The smallest absolute Gasteiger partial charge is 0.319 e. The van der Waals surface area contributed by atoms with Gasteiger partial charge in [0.15, 0.2) is 5.75 Å². The molecule has 7 atom stereocenters. The van der Waals surface area contributed by atoms with E-state index in [0.717, 1.165) is 76.8 Å². The van der Waals surface area contributed by atoms with E-state index in [0.29, 0.717) is 39.6 Å². The highest BCUT2D eigenvalue weighted by Crippen LogP contribution is 2.53. The fourth-order valence-electron chi connectivity index (χ4n) is 10.9. The van der Waals surface area contributed by atoms with Crippen LogP contribution in [0.3, 0.4) is 0 Å². The average molecular weight is 1030 g/mol. The summed E-state index contributed by atoms with van der Waals surface area (Å²) in [5.41, 5.74) is 6.93. The standard InChI is InChI=1S/C57H62FN11O7/c1-31(2)52(56(73)68-26-41(71)20-48(68)55(72)61-38(28-70)18-13-34-9-7-6-8-10-34)69-27-47(65-66-69)37-14-11-35(12-15-37)30-75-53-50(49-33(4)45(58)22-46-44(49)24-60-64-46)42(36-16-17-36)21-43-51(53)62-57(76-29-32(3)74-5)63-54(43)67-25-39-19-40(67)23-59-39/h6-12,14-15,21-22,24,27,31-32,36,38-41,48,52,59,70-71H,16-17,19-20,23,25-26,28-30H2,1-5H3,(H,60,64)(H,61,72)/t32-,38+,39-,40-,41+,48-,52-/m0/s1. The van der Waals surface area contributed by atoms with Crippen molar-refractivity contribution in [2.24, 2.45) is 5.92 Å². The van der Waals surface area contributed by atoms with E-state index in [9.17, 15) is 19.8 Å². The van der Waals surface area contributed by atoms with Crippen LogP contribution in [-0.2, 0) is 20.9 Å². The molecular formula is C57H62FN11O7. The first-order valence-corrected chi connectivity index (χ1v) is 26.1. The Balaban J connectivity index is 0.893. The Hall–Kier alpha value is -7.50. The molecule has 3 saturated heterocycles. The third-order valence-corrected chi connectivity index (χ3v) is 15.2. The molecule has 4 fully saturated rings. The lowest BCUT2D eigenvalue weighted by atomic mass is 9.88. The number of carbonyl (C=O) groups excluding carboxylic acids is 2. The topological polar surface area (TPSA) is 218 Å². The molecule has 4 aromatic carbocycles. The summed E-state index contributed by atoms with van der Waals surface area (Å²) in [6.45, 7) is 9.00. The van der Waals surface area contributed by atoms with Gasteiger partial charge in [0.1, 0.15) is 54.2 Å². The molecule has 1 saturated carbocycles. The van der Waals surface area contributed by atoms with Crippen molar-refractivity contribution < 1.29 is 38.4 Å². The summed E-state index contributed by atoms with van der Waals surface area (Å²) in [5.74, 6) is 5.80. The number of rotatable bonds is 17. The molecule has 2 bridgehead atoms. The minimum Gasteiger partial charge on any atom is -0.486 e. The van der Waals surface area contributed by atoms with E-state index in [-0.39, 0.29) is 62.0 Å². The Morgan fingerprint density at radius 2 is 1.79 bits per heavy atom. The number of fused-ring (bicyclic) bond motifs is 4. The van der Waals surface area contributed by atoms with Gasteiger partial charge in [-0.2, -0.15) is 15.1 Å². The van der Waals surface area contributed by atoms with Gasteiger partial charge in [-0.05, 0) is 85.9 Å². The largest absolute Gasteiger partial charge is 0.486 e. The average Bonchev–Trinajstić information content (AvgIpc) is 4.05. The van der Waals surface area contributed by atoms with E-state index in [2.05, 4.69) is 54.0 Å². The van der Waals surface area contributed by atoms with Gasteiger partial charge in [-0.1, -0.05) is 73.4 Å². The number of benzene rings is 4. The molecule has 394 valence electrons. The number of carbonyl (C=O) groups is 2. The number of halogens is 1. The molecule has 0 spiro atoms. The van der Waals surface area contributed by atoms with Gasteiger partial charge in [0.25, 0.3) is 0 Å². The Morgan fingerprint density at radius 3 is 2.50 bits per heavy atom. The molecule has 19 heteroatoms. The van der Waals surface area contributed by atoms with Crippen LogP contribution in [0.1, 0.15) is 80.7 Å². The summed E-state index contributed by atoms with van der Waals surface area (Å²) in [4.78, 5) is 42.1. The number of hydrogen-bond donors (Lipinski definition) is 5. The van der Waals surface area contributed by atoms with Crippen LogP contribution in [0.2, 0.25) is 0 Å². The normalized spacial score (nSPS) is 20.3. The van der Waals surface area contributed by atoms with Crippen LogP contribution in [-0.4, -0.2) is 138 Å². The number of nitrogens with zero attached hydrogens (tertiary/aromatic N) is 8. The molecule has 2 amide bonds. The SMILES string of the molecule is CO[C@@H](C)COc1nc(N2C[C@@H]3C[C@H]2CN3)c2cc(C3CC3)c(-c3c(C)c(F)cc4[nH]ncc34)c(OCc3ccc(-c4cn([C@H](C(=O)N5C[C@H](O)C[C@H]5C(=O)N[C@H](C#Cc5ccccc5)CO)C(C)C)nn4)cc3)c2n1. The van der Waals surface area contributed by atoms with Crippen LogP contribution in [0.4, 0.5) is 10.2 Å². The van der Waals surface area contributed by atoms with Crippen LogP contribution in [0.5, 0.6) is 11.8 Å². The number of nitrogens with one attached hydrogen (secondary N) is 3. The number of hydrogen-bond acceptors (Lipinski definition) is 14. The van der Waals surface area contributed by atoms with Crippen molar-refractivity contribution in [1.29, 1.82) is 0 Å². The Kier molecular flexibility index (Phi) is 14.2. The number of anilines is 1. The first kappa shape index (κ1) is 50.6. The maximum Gasteiger partial charge on any atom is 0.319 e. The molecule has 1 aliphatic carbocycles. The predicted octanol–water partition coefficient (Wildman–Crippen LogP) is 5.99. The maximum absolute atomic E-state index is 16.1. The Morgan fingerprint density at radius 1 is 0.987 bits per heavy atom. The fraction of sp³-hybridized carbons (Fsp3) is 0.421. The van der Waals surface area contributed by atoms with Gasteiger partial charge in [-0.25, -0.2) is 9.07 Å². The lowest BCUT2D eigenvalue weighted by Crippen LogP contribution is -2.51. The minimum atomic E-state index is -0.990. The van der Waals surface area contributed by atoms with E-state index in [1.807, 2.05) is 75.4 Å². The van der Waals surface area contributed by atoms with Crippen molar-refractivity contribution in [2.45, 2.75) is 108 Å². The number of aromatic nitrogens is 7. The van der Waals surface area contributed by atoms with Gasteiger partial charge in [0.05, 0.1) is 36.7 Å². The van der Waals surface area contributed by atoms with Gasteiger partial charge < -0.3 is 44.9 Å². The number of piperazine rings is 1. The Labute approximate surface area is 439 Å². The lowest BCUT2D eigenvalue weighted by Gasteiger charge is -2.30. The lowest BCUT2D eigenvalue weighted by molar-refractivity contribution is -0.142. The quantitative estimate of drug-likeness (QED) is 0.0663. The molecule has 3 aromatic heterocycles. The van der Waals surface area contributed by atoms with Crippen molar-refractivity contribution in [1.82, 2.24) is 50.7 Å². The van der Waals surface area contributed by atoms with E-state index >= 15 is 4.39 Å². The third kappa shape index (κ3) is 10.0. The number of likely N-dealkylation sites (tertiary alicyclic amines) is 1. The molecule has 6 heterocycles. The number of aliphatic hydroxyl groups is 2. The van der Waals surface area contributed by atoms with Crippen LogP contribution in [0.15, 0.2) is 79.1 Å². The maximum atomic E-state index is 16.1. The van der Waals surface area contributed by atoms with Crippen LogP contribution < -0.4 is 25.0 Å². The monoisotopic (exact) mass is 1030 g/mol. The first-order chi connectivity index (χ1) is 36.8.